The van der Waals surface area contributed by atoms with Crippen molar-refractivity contribution in [3.8, 4) is 5.75 Å². The minimum Gasteiger partial charge on any atom is -0.489 e. The number of benzene rings is 4. The van der Waals surface area contributed by atoms with E-state index < -0.39 is 46.7 Å². The Morgan fingerprint density at radius 1 is 0.923 bits per heavy atom. The lowest BCUT2D eigenvalue weighted by molar-refractivity contribution is -0.127. The number of thioether (sulfide) groups is 1. The summed E-state index contributed by atoms with van der Waals surface area (Å²) in [6, 6.07) is 22.4. The normalized spacial score (nSPS) is 14.3. The summed E-state index contributed by atoms with van der Waals surface area (Å²) >= 11 is 0.644. The van der Waals surface area contributed by atoms with Crippen LogP contribution in [0.5, 0.6) is 5.75 Å². The fourth-order valence-corrected chi connectivity index (χ4v) is 4.86. The molecule has 3 amide bonds. The average Bonchev–Trinajstić information content (AvgIpc) is 3.19. The smallest absolute Gasteiger partial charge is 0.294 e. The molecule has 0 atom stereocenters. The first-order valence-corrected chi connectivity index (χ1v) is 12.5. The van der Waals surface area contributed by atoms with Crippen LogP contribution in [0.1, 0.15) is 11.1 Å². The van der Waals surface area contributed by atoms with Gasteiger partial charge >= 0.3 is 0 Å². The second-order valence-corrected chi connectivity index (χ2v) is 9.53. The molecule has 1 heterocycles. The molecule has 1 aliphatic heterocycles. The van der Waals surface area contributed by atoms with E-state index in [1.807, 2.05) is 47.8 Å². The molecule has 0 unspecified atom stereocenters. The molecule has 6 nitrogen and oxygen atoms in total. The van der Waals surface area contributed by atoms with Crippen molar-refractivity contribution in [3.05, 3.63) is 112 Å². The molecular weight excluding hydrogens is 529 g/mol. The number of amides is 3. The summed E-state index contributed by atoms with van der Waals surface area (Å²) in [7, 11) is 0. The van der Waals surface area contributed by atoms with Crippen LogP contribution in [0.15, 0.2) is 83.8 Å². The molecule has 10 heteroatoms. The van der Waals surface area contributed by atoms with Gasteiger partial charge in [-0.15, -0.1) is 0 Å². The van der Waals surface area contributed by atoms with Crippen molar-refractivity contribution in [1.29, 1.82) is 0 Å². The monoisotopic (exact) mass is 548 g/mol. The van der Waals surface area contributed by atoms with Crippen LogP contribution in [-0.4, -0.2) is 28.5 Å². The summed E-state index contributed by atoms with van der Waals surface area (Å²) in [6.07, 6.45) is 1.50. The summed E-state index contributed by atoms with van der Waals surface area (Å²) in [6.45, 7) is -0.399. The van der Waals surface area contributed by atoms with E-state index >= 15 is 0 Å². The molecule has 1 saturated heterocycles. The van der Waals surface area contributed by atoms with Gasteiger partial charge < -0.3 is 10.1 Å². The molecule has 0 spiro atoms. The van der Waals surface area contributed by atoms with Crippen LogP contribution in [0.25, 0.3) is 16.8 Å². The van der Waals surface area contributed by atoms with Gasteiger partial charge in [-0.3, -0.25) is 19.3 Å². The lowest BCUT2D eigenvalue weighted by Gasteiger charge is -2.13. The molecule has 1 fully saturated rings. The highest BCUT2D eigenvalue weighted by Crippen LogP contribution is 2.33. The second kappa shape index (κ2) is 11.0. The van der Waals surface area contributed by atoms with Crippen LogP contribution in [0.2, 0.25) is 0 Å². The maximum absolute atomic E-state index is 13.8. The van der Waals surface area contributed by atoms with Gasteiger partial charge in [0.25, 0.3) is 11.1 Å². The Balaban J connectivity index is 1.25. The second-order valence-electron chi connectivity index (χ2n) is 8.54. The van der Waals surface area contributed by atoms with Crippen LogP contribution >= 0.6 is 11.8 Å². The number of nitrogens with one attached hydrogen (secondary N) is 1. The van der Waals surface area contributed by atoms with Gasteiger partial charge in [-0.05, 0) is 64.0 Å². The fourth-order valence-electron chi connectivity index (χ4n) is 4.02. The van der Waals surface area contributed by atoms with Crippen molar-refractivity contribution in [3.63, 3.8) is 0 Å². The first-order valence-electron chi connectivity index (χ1n) is 11.7. The minimum absolute atomic E-state index is 0.0815. The summed E-state index contributed by atoms with van der Waals surface area (Å²) in [5, 5.41) is 3.53. The van der Waals surface area contributed by atoms with E-state index in [1.54, 1.807) is 24.3 Å². The number of ether oxygens (including phenoxy) is 1. The number of carbonyl (C=O) groups excluding carboxylic acids is 3. The summed E-state index contributed by atoms with van der Waals surface area (Å²) in [5.74, 6) is -5.85. The predicted octanol–water partition coefficient (Wildman–Crippen LogP) is 6.51. The number of hydrogen-bond donors (Lipinski definition) is 1. The van der Waals surface area contributed by atoms with Gasteiger partial charge in [0.05, 0.1) is 10.6 Å². The molecule has 5 rings (SSSR count). The van der Waals surface area contributed by atoms with Crippen LogP contribution in [0.3, 0.4) is 0 Å². The van der Waals surface area contributed by atoms with Crippen molar-refractivity contribution in [2.75, 3.05) is 11.9 Å². The van der Waals surface area contributed by atoms with Crippen molar-refractivity contribution in [1.82, 2.24) is 4.90 Å². The highest BCUT2D eigenvalue weighted by molar-refractivity contribution is 8.18. The quantitative estimate of drug-likeness (QED) is 0.211. The zero-order valence-electron chi connectivity index (χ0n) is 20.1. The first kappa shape index (κ1) is 26.1. The molecule has 1 N–H and O–H groups in total. The summed E-state index contributed by atoms with van der Waals surface area (Å²) < 4.78 is 46.3. The lowest BCUT2D eigenvalue weighted by atomic mass is 10.1. The first-order chi connectivity index (χ1) is 18.8. The van der Waals surface area contributed by atoms with Gasteiger partial charge in [0.2, 0.25) is 5.91 Å². The van der Waals surface area contributed by atoms with Crippen LogP contribution in [0.4, 0.5) is 23.7 Å². The zero-order chi connectivity index (χ0) is 27.5. The topological polar surface area (TPSA) is 75.7 Å². The van der Waals surface area contributed by atoms with Crippen molar-refractivity contribution >= 4 is 51.4 Å². The summed E-state index contributed by atoms with van der Waals surface area (Å²) in [4.78, 5) is 38.3. The van der Waals surface area contributed by atoms with E-state index in [2.05, 4.69) is 0 Å². The maximum atomic E-state index is 13.8. The van der Waals surface area contributed by atoms with E-state index in [9.17, 15) is 27.6 Å². The molecule has 39 heavy (non-hydrogen) atoms. The van der Waals surface area contributed by atoms with E-state index in [0.717, 1.165) is 22.4 Å². The van der Waals surface area contributed by atoms with Gasteiger partial charge in [0.15, 0.2) is 17.5 Å². The molecule has 0 bridgehead atoms. The van der Waals surface area contributed by atoms with E-state index in [-0.39, 0.29) is 4.91 Å². The third-order valence-corrected chi connectivity index (χ3v) is 6.82. The number of fused-ring (bicyclic) bond motifs is 1. The van der Waals surface area contributed by atoms with Crippen molar-refractivity contribution in [2.24, 2.45) is 0 Å². The van der Waals surface area contributed by atoms with Crippen LogP contribution in [-0.2, 0) is 16.2 Å². The molecule has 0 radical (unpaired) electrons. The number of anilines is 1. The van der Waals surface area contributed by atoms with Gasteiger partial charge in [0.1, 0.15) is 18.9 Å². The molecule has 0 saturated carbocycles. The standard InChI is InChI=1S/C29H19F3N2O4S/c30-22-11-12-23(27(32)26(22)31)33-25(35)15-34-28(36)24(39-29(34)37)14-17-5-3-9-20(13-17)38-16-19-8-4-7-18-6-1-2-10-21(18)19/h1-14H,15-16H2,(H,33,35)/b24-14+. The lowest BCUT2D eigenvalue weighted by Crippen LogP contribution is -2.36. The molecule has 0 aliphatic carbocycles. The van der Waals surface area contributed by atoms with Gasteiger partial charge in [-0.1, -0.05) is 54.6 Å². The predicted molar refractivity (Wildman–Crippen MR) is 142 cm³/mol. The van der Waals surface area contributed by atoms with Gasteiger partial charge in [-0.25, -0.2) is 13.2 Å². The van der Waals surface area contributed by atoms with Crippen LogP contribution in [0, 0.1) is 17.5 Å². The van der Waals surface area contributed by atoms with E-state index in [1.165, 1.54) is 6.08 Å². The Morgan fingerprint density at radius 3 is 2.54 bits per heavy atom. The fraction of sp³-hybridized carbons (Fsp3) is 0.0690. The summed E-state index contributed by atoms with van der Waals surface area (Å²) in [5.41, 5.74) is 1.01. The Morgan fingerprint density at radius 2 is 1.69 bits per heavy atom. The maximum Gasteiger partial charge on any atom is 0.294 e. The third-order valence-electron chi connectivity index (χ3n) is 5.91. The Hall–Kier alpha value is -4.57. The largest absolute Gasteiger partial charge is 0.489 e. The third kappa shape index (κ3) is 5.65. The number of halogens is 3. The molecule has 196 valence electrons. The SMILES string of the molecule is O=C(CN1C(=O)S/C(=C/c2cccc(OCc3cccc4ccccc34)c2)C1=O)Nc1ccc(F)c(F)c1F. The van der Waals surface area contributed by atoms with E-state index in [0.29, 0.717) is 40.6 Å². The van der Waals surface area contributed by atoms with Gasteiger partial charge in [-0.2, -0.15) is 0 Å². The number of nitrogens with zero attached hydrogens (tertiary/aromatic N) is 1. The van der Waals surface area contributed by atoms with Gasteiger partial charge in [0, 0.05) is 0 Å². The number of imide groups is 1. The molecule has 4 aromatic carbocycles. The Labute approximate surface area is 225 Å². The molecular formula is C29H19F3N2O4S. The van der Waals surface area contributed by atoms with Crippen molar-refractivity contribution < 1.29 is 32.3 Å². The minimum atomic E-state index is -1.75. The number of carbonyl (C=O) groups is 3. The average molecular weight is 549 g/mol. The number of rotatable bonds is 7. The molecule has 1 aliphatic rings. The molecule has 4 aromatic rings. The Kier molecular flexibility index (Phi) is 7.38. The van der Waals surface area contributed by atoms with Crippen LogP contribution < -0.4 is 10.1 Å². The Bertz CT molecular complexity index is 1650. The molecule has 0 aromatic heterocycles. The van der Waals surface area contributed by atoms with Crippen molar-refractivity contribution in [2.45, 2.75) is 6.61 Å². The highest BCUT2D eigenvalue weighted by Gasteiger charge is 2.36. The number of hydrogen-bond acceptors (Lipinski definition) is 5. The highest BCUT2D eigenvalue weighted by atomic mass is 32.2. The van der Waals surface area contributed by atoms with E-state index in [4.69, 9.17) is 4.74 Å². The zero-order valence-corrected chi connectivity index (χ0v) is 20.9.